The maximum Gasteiger partial charge on any atom is 0.258 e. The van der Waals surface area contributed by atoms with Gasteiger partial charge in [-0.05, 0) is 24.8 Å². The highest BCUT2D eigenvalue weighted by atomic mass is 19.3. The number of halogens is 2. The lowest BCUT2D eigenvalue weighted by atomic mass is 10.1. The molecular weight excluding hydrogens is 292 g/mol. The maximum absolute atomic E-state index is 13.1. The first-order valence-corrected chi connectivity index (χ1v) is 7.21. The second-order valence-electron chi connectivity index (χ2n) is 6.37. The number of hydrogen-bond acceptors (Lipinski definition) is 2. The molecule has 0 radical (unpaired) electrons. The number of aryl methyl sites for hydroxylation is 1. The first-order chi connectivity index (χ1) is 10.4. The number of piperidine rings is 1. The minimum Gasteiger partial charge on any atom is -0.360 e. The summed E-state index contributed by atoms with van der Waals surface area (Å²) in [7, 11) is 0. The van der Waals surface area contributed by atoms with E-state index in [1.54, 1.807) is 6.20 Å². The van der Waals surface area contributed by atoms with E-state index in [2.05, 4.69) is 9.97 Å². The van der Waals surface area contributed by atoms with Crippen LogP contribution >= 0.6 is 0 Å². The quantitative estimate of drug-likeness (QED) is 0.889. The standard InChI is InChI=1S/C15H15F2N3O2/c1-7-3-19-12(21)10-9(4-18-11(7)10)13(22)20-5-8-2-15(8,6-20)14(16)17/h3-4,8,14,18H,2,5-6H2,1H3,(H,19,21)/t8-,15?/m0/s1. The van der Waals surface area contributed by atoms with E-state index < -0.39 is 11.8 Å². The molecule has 2 aliphatic rings. The normalized spacial score (nSPS) is 26.7. The third kappa shape index (κ3) is 1.62. The van der Waals surface area contributed by atoms with E-state index in [0.29, 0.717) is 23.9 Å². The molecule has 2 fully saturated rings. The van der Waals surface area contributed by atoms with Crippen molar-refractivity contribution in [2.24, 2.45) is 11.3 Å². The monoisotopic (exact) mass is 307 g/mol. The third-order valence-electron chi connectivity index (χ3n) is 5.08. The van der Waals surface area contributed by atoms with Crippen molar-refractivity contribution < 1.29 is 13.6 Å². The number of fused-ring (bicyclic) bond motifs is 2. The predicted octanol–water partition coefficient (Wildman–Crippen LogP) is 1.89. The van der Waals surface area contributed by atoms with E-state index in [1.807, 2.05) is 6.92 Å². The van der Waals surface area contributed by atoms with Gasteiger partial charge in [0, 0.05) is 25.5 Å². The number of alkyl halides is 2. The van der Waals surface area contributed by atoms with Crippen LogP contribution in [0.5, 0.6) is 0 Å². The van der Waals surface area contributed by atoms with Gasteiger partial charge in [0.2, 0.25) is 6.43 Å². The van der Waals surface area contributed by atoms with Gasteiger partial charge in [-0.3, -0.25) is 9.59 Å². The van der Waals surface area contributed by atoms with Crippen LogP contribution in [0.25, 0.3) is 10.9 Å². The molecule has 1 unspecified atom stereocenters. The summed E-state index contributed by atoms with van der Waals surface area (Å²) >= 11 is 0. The van der Waals surface area contributed by atoms with Gasteiger partial charge in [-0.15, -0.1) is 0 Å². The highest BCUT2D eigenvalue weighted by molar-refractivity contribution is 6.07. The van der Waals surface area contributed by atoms with Crippen LogP contribution in [0.3, 0.4) is 0 Å². The fraction of sp³-hybridized carbons (Fsp3) is 0.467. The number of nitrogens with one attached hydrogen (secondary N) is 2. The molecule has 1 saturated heterocycles. The molecule has 1 saturated carbocycles. The molecule has 116 valence electrons. The molecule has 2 aromatic rings. The SMILES string of the molecule is Cc1c[nH]c(=O)c2c(C(=O)N3C[C@@H]4CC4(C(F)F)C3)c[nH]c12. The van der Waals surface area contributed by atoms with Gasteiger partial charge >= 0.3 is 0 Å². The van der Waals surface area contributed by atoms with Crippen LogP contribution in [0, 0.1) is 18.3 Å². The summed E-state index contributed by atoms with van der Waals surface area (Å²) in [5.41, 5.74) is 0.329. The molecule has 2 aromatic heterocycles. The van der Waals surface area contributed by atoms with Crippen molar-refractivity contribution in [1.82, 2.24) is 14.9 Å². The first kappa shape index (κ1) is 13.5. The zero-order valence-corrected chi connectivity index (χ0v) is 12.0. The minimum absolute atomic E-state index is 0.0740. The summed E-state index contributed by atoms with van der Waals surface area (Å²) in [6, 6.07) is 0. The number of rotatable bonds is 2. The van der Waals surface area contributed by atoms with Gasteiger partial charge in [0.05, 0.1) is 21.9 Å². The number of nitrogens with zero attached hydrogens (tertiary/aromatic N) is 1. The van der Waals surface area contributed by atoms with E-state index in [4.69, 9.17) is 0 Å². The fourth-order valence-corrected chi connectivity index (χ4v) is 3.64. The Labute approximate surface area is 124 Å². The maximum atomic E-state index is 13.1. The molecule has 7 heteroatoms. The molecule has 1 aliphatic heterocycles. The number of hydrogen-bond donors (Lipinski definition) is 2. The van der Waals surface area contributed by atoms with E-state index in [-0.39, 0.29) is 29.5 Å². The van der Waals surface area contributed by atoms with Gasteiger partial charge in [0.1, 0.15) is 0 Å². The lowest BCUT2D eigenvalue weighted by Gasteiger charge is -2.20. The molecule has 0 bridgehead atoms. The average molecular weight is 307 g/mol. The van der Waals surface area contributed by atoms with Gasteiger partial charge < -0.3 is 14.9 Å². The third-order valence-corrected chi connectivity index (χ3v) is 5.08. The van der Waals surface area contributed by atoms with Gasteiger partial charge in [-0.1, -0.05) is 0 Å². The van der Waals surface area contributed by atoms with Crippen LogP contribution < -0.4 is 5.56 Å². The number of carbonyl (C=O) groups excluding carboxylic acids is 1. The van der Waals surface area contributed by atoms with E-state index in [1.165, 1.54) is 11.1 Å². The number of likely N-dealkylation sites (tertiary alicyclic amines) is 1. The summed E-state index contributed by atoms with van der Waals surface area (Å²) in [5, 5.41) is 0.302. The molecule has 2 N–H and O–H groups in total. The van der Waals surface area contributed by atoms with Crippen molar-refractivity contribution in [3.8, 4) is 0 Å². The summed E-state index contributed by atoms with van der Waals surface area (Å²) in [4.78, 5) is 31.6. The van der Waals surface area contributed by atoms with Crippen LogP contribution in [-0.4, -0.2) is 40.3 Å². The Kier molecular flexibility index (Phi) is 2.56. The van der Waals surface area contributed by atoms with Crippen molar-refractivity contribution in [3.05, 3.63) is 33.9 Å². The molecule has 22 heavy (non-hydrogen) atoms. The Morgan fingerprint density at radius 1 is 1.41 bits per heavy atom. The number of aromatic nitrogens is 2. The van der Waals surface area contributed by atoms with Crippen LogP contribution in [0.1, 0.15) is 22.3 Å². The number of carbonyl (C=O) groups is 1. The zero-order chi connectivity index (χ0) is 15.6. The fourth-order valence-electron chi connectivity index (χ4n) is 3.64. The molecule has 2 atom stereocenters. The van der Waals surface area contributed by atoms with Crippen LogP contribution in [0.4, 0.5) is 8.78 Å². The summed E-state index contributed by atoms with van der Waals surface area (Å²) in [5.74, 6) is -0.462. The summed E-state index contributed by atoms with van der Waals surface area (Å²) < 4.78 is 26.2. The lowest BCUT2D eigenvalue weighted by Crippen LogP contribution is -2.33. The molecule has 5 nitrogen and oxygen atoms in total. The Morgan fingerprint density at radius 2 is 2.18 bits per heavy atom. The molecule has 4 rings (SSSR count). The average Bonchev–Trinajstić information content (AvgIpc) is 2.89. The number of pyridine rings is 1. The van der Waals surface area contributed by atoms with Crippen molar-refractivity contribution >= 4 is 16.8 Å². The molecule has 1 amide bonds. The topological polar surface area (TPSA) is 69.0 Å². The van der Waals surface area contributed by atoms with Gasteiger partial charge in [0.25, 0.3) is 11.5 Å². The number of amides is 1. The highest BCUT2D eigenvalue weighted by Gasteiger charge is 2.66. The van der Waals surface area contributed by atoms with Gasteiger partial charge in [0.15, 0.2) is 0 Å². The minimum atomic E-state index is -2.40. The van der Waals surface area contributed by atoms with E-state index in [0.717, 1.165) is 5.56 Å². The zero-order valence-electron chi connectivity index (χ0n) is 12.0. The van der Waals surface area contributed by atoms with Gasteiger partial charge in [-0.2, -0.15) is 0 Å². The van der Waals surface area contributed by atoms with E-state index >= 15 is 0 Å². The van der Waals surface area contributed by atoms with Crippen molar-refractivity contribution in [3.63, 3.8) is 0 Å². The lowest BCUT2D eigenvalue weighted by molar-refractivity contribution is 0.0488. The molecule has 0 aromatic carbocycles. The first-order valence-electron chi connectivity index (χ1n) is 7.21. The molecule has 1 aliphatic carbocycles. The van der Waals surface area contributed by atoms with Crippen molar-refractivity contribution in [2.75, 3.05) is 13.1 Å². The number of aromatic amines is 2. The number of H-pyrrole nitrogens is 2. The van der Waals surface area contributed by atoms with Crippen LogP contribution in [0.15, 0.2) is 17.2 Å². The Bertz CT molecular complexity index is 841. The predicted molar refractivity (Wildman–Crippen MR) is 76.1 cm³/mol. The summed E-state index contributed by atoms with van der Waals surface area (Å²) in [6.07, 6.45) is 1.16. The van der Waals surface area contributed by atoms with Crippen LogP contribution in [-0.2, 0) is 0 Å². The molecular formula is C15H15F2N3O2. The van der Waals surface area contributed by atoms with Crippen molar-refractivity contribution in [1.29, 1.82) is 0 Å². The summed E-state index contributed by atoms with van der Waals surface area (Å²) in [6.45, 7) is 2.24. The molecule has 3 heterocycles. The van der Waals surface area contributed by atoms with Crippen molar-refractivity contribution in [2.45, 2.75) is 19.8 Å². The Hall–Kier alpha value is -2.18. The van der Waals surface area contributed by atoms with Gasteiger partial charge in [-0.25, -0.2) is 8.78 Å². The second-order valence-corrected chi connectivity index (χ2v) is 6.37. The van der Waals surface area contributed by atoms with E-state index in [9.17, 15) is 18.4 Å². The molecule has 0 spiro atoms. The highest BCUT2D eigenvalue weighted by Crippen LogP contribution is 2.61. The Morgan fingerprint density at radius 3 is 2.86 bits per heavy atom. The Balaban J connectivity index is 1.71. The smallest absolute Gasteiger partial charge is 0.258 e. The largest absolute Gasteiger partial charge is 0.360 e. The van der Waals surface area contributed by atoms with Crippen LogP contribution in [0.2, 0.25) is 0 Å². The second kappa shape index (κ2) is 4.18.